The fraction of sp³-hybridized carbons (Fsp3) is 0.188. The van der Waals surface area contributed by atoms with E-state index in [1.165, 1.54) is 21.3 Å². The predicted octanol–water partition coefficient (Wildman–Crippen LogP) is 2.97. The van der Waals surface area contributed by atoms with Gasteiger partial charge in [0.05, 0.1) is 26.7 Å². The highest BCUT2D eigenvalue weighted by Gasteiger charge is 2.20. The number of methoxy groups -OCH3 is 3. The molecule has 0 N–H and O–H groups in total. The van der Waals surface area contributed by atoms with Gasteiger partial charge in [-0.25, -0.2) is 4.79 Å². The Morgan fingerprint density at radius 2 is 1.62 bits per heavy atom. The molecule has 21 heavy (non-hydrogen) atoms. The maximum absolute atomic E-state index is 12.2. The fourth-order valence-electron chi connectivity index (χ4n) is 2.50. The first kappa shape index (κ1) is 13.3. The molecule has 0 fully saturated rings. The molecular formula is C16H14O5. The van der Waals surface area contributed by atoms with Crippen LogP contribution in [-0.4, -0.2) is 21.3 Å². The summed E-state index contributed by atoms with van der Waals surface area (Å²) < 4.78 is 21.5. The average Bonchev–Trinajstić information content (AvgIpc) is 2.52. The Kier molecular flexibility index (Phi) is 3.17. The van der Waals surface area contributed by atoms with Gasteiger partial charge in [-0.1, -0.05) is 18.2 Å². The Bertz CT molecular complexity index is 879. The van der Waals surface area contributed by atoms with Gasteiger partial charge in [0.25, 0.3) is 0 Å². The van der Waals surface area contributed by atoms with E-state index in [2.05, 4.69) is 0 Å². The molecule has 3 rings (SSSR count). The molecule has 0 spiro atoms. The van der Waals surface area contributed by atoms with Crippen LogP contribution in [0.2, 0.25) is 0 Å². The van der Waals surface area contributed by atoms with Gasteiger partial charge in [0.1, 0.15) is 5.58 Å². The van der Waals surface area contributed by atoms with E-state index in [9.17, 15) is 4.79 Å². The predicted molar refractivity (Wildman–Crippen MR) is 79.6 cm³/mol. The van der Waals surface area contributed by atoms with Gasteiger partial charge in [0.2, 0.25) is 5.75 Å². The minimum Gasteiger partial charge on any atom is -0.493 e. The van der Waals surface area contributed by atoms with E-state index in [1.807, 2.05) is 18.2 Å². The van der Waals surface area contributed by atoms with Gasteiger partial charge in [-0.2, -0.15) is 0 Å². The quantitative estimate of drug-likeness (QED) is 0.547. The zero-order valence-electron chi connectivity index (χ0n) is 11.9. The lowest BCUT2D eigenvalue weighted by molar-refractivity contribution is 0.327. The smallest absolute Gasteiger partial charge is 0.344 e. The van der Waals surface area contributed by atoms with E-state index in [0.29, 0.717) is 33.6 Å². The van der Waals surface area contributed by atoms with Crippen molar-refractivity contribution < 1.29 is 18.6 Å². The van der Waals surface area contributed by atoms with Crippen molar-refractivity contribution in [3.8, 4) is 17.2 Å². The van der Waals surface area contributed by atoms with Crippen molar-refractivity contribution in [3.63, 3.8) is 0 Å². The molecule has 0 atom stereocenters. The Morgan fingerprint density at radius 1 is 0.905 bits per heavy atom. The molecule has 0 radical (unpaired) electrons. The number of benzene rings is 2. The molecule has 3 aromatic rings. The zero-order chi connectivity index (χ0) is 15.0. The number of ether oxygens (including phenoxy) is 3. The highest BCUT2D eigenvalue weighted by molar-refractivity contribution is 6.09. The van der Waals surface area contributed by atoms with Crippen LogP contribution in [0.3, 0.4) is 0 Å². The molecular weight excluding hydrogens is 272 g/mol. The standard InChI is InChI=1S/C16H14O5/c1-18-12-8-10-13(15(20-3)14(12)19-2)9-6-4-5-7-11(9)21-16(10)17/h4-8H,1-3H3. The van der Waals surface area contributed by atoms with Crippen molar-refractivity contribution in [2.75, 3.05) is 21.3 Å². The zero-order valence-corrected chi connectivity index (χ0v) is 11.9. The van der Waals surface area contributed by atoms with Crippen molar-refractivity contribution in [2.24, 2.45) is 0 Å². The molecule has 5 nitrogen and oxygen atoms in total. The maximum Gasteiger partial charge on any atom is 0.344 e. The van der Waals surface area contributed by atoms with Crippen LogP contribution in [0.4, 0.5) is 0 Å². The molecule has 2 aromatic carbocycles. The SMILES string of the molecule is COc1cc2c(=O)oc3ccccc3c2c(OC)c1OC. The van der Waals surface area contributed by atoms with Gasteiger partial charge < -0.3 is 18.6 Å². The lowest BCUT2D eigenvalue weighted by Crippen LogP contribution is -2.03. The third-order valence-electron chi connectivity index (χ3n) is 3.41. The number of hydrogen-bond acceptors (Lipinski definition) is 5. The number of rotatable bonds is 3. The van der Waals surface area contributed by atoms with Gasteiger partial charge in [-0.3, -0.25) is 0 Å². The Hall–Kier alpha value is -2.69. The van der Waals surface area contributed by atoms with Crippen molar-refractivity contribution in [1.82, 2.24) is 0 Å². The monoisotopic (exact) mass is 286 g/mol. The van der Waals surface area contributed by atoms with E-state index in [4.69, 9.17) is 18.6 Å². The second-order valence-electron chi connectivity index (χ2n) is 4.45. The third-order valence-corrected chi connectivity index (χ3v) is 3.41. The number of fused-ring (bicyclic) bond motifs is 3. The van der Waals surface area contributed by atoms with Crippen LogP contribution in [0.5, 0.6) is 17.2 Å². The summed E-state index contributed by atoms with van der Waals surface area (Å²) in [6, 6.07) is 8.90. The highest BCUT2D eigenvalue weighted by Crippen LogP contribution is 2.44. The van der Waals surface area contributed by atoms with Gasteiger partial charge in [-0.05, 0) is 12.1 Å². The minimum absolute atomic E-state index is 0.392. The Morgan fingerprint density at radius 3 is 2.29 bits per heavy atom. The third kappa shape index (κ3) is 1.89. The summed E-state index contributed by atoms with van der Waals surface area (Å²) in [5, 5.41) is 1.83. The fourth-order valence-corrected chi connectivity index (χ4v) is 2.50. The number of hydrogen-bond donors (Lipinski definition) is 0. The molecule has 0 aliphatic rings. The van der Waals surface area contributed by atoms with Gasteiger partial charge in [-0.15, -0.1) is 0 Å². The van der Waals surface area contributed by atoms with Crippen LogP contribution >= 0.6 is 0 Å². The molecule has 0 bridgehead atoms. The summed E-state index contributed by atoms with van der Waals surface area (Å²) in [5.41, 5.74) is 0.0588. The highest BCUT2D eigenvalue weighted by atomic mass is 16.5. The summed E-state index contributed by atoms with van der Waals surface area (Å²) in [6.07, 6.45) is 0. The molecule has 0 aliphatic carbocycles. The summed E-state index contributed by atoms with van der Waals surface area (Å²) in [6.45, 7) is 0. The summed E-state index contributed by atoms with van der Waals surface area (Å²) in [4.78, 5) is 12.2. The lowest BCUT2D eigenvalue weighted by atomic mass is 10.1. The number of para-hydroxylation sites is 1. The van der Waals surface area contributed by atoms with Crippen molar-refractivity contribution >= 4 is 21.7 Å². The molecule has 0 saturated heterocycles. The topological polar surface area (TPSA) is 57.9 Å². The Labute approximate surface area is 120 Å². The molecule has 0 aliphatic heterocycles. The molecule has 108 valence electrons. The lowest BCUT2D eigenvalue weighted by Gasteiger charge is -2.15. The molecule has 1 heterocycles. The van der Waals surface area contributed by atoms with E-state index in [-0.39, 0.29) is 0 Å². The molecule has 0 amide bonds. The van der Waals surface area contributed by atoms with Crippen molar-refractivity contribution in [1.29, 1.82) is 0 Å². The minimum atomic E-state index is -0.442. The van der Waals surface area contributed by atoms with Crippen LogP contribution in [-0.2, 0) is 0 Å². The first-order valence-electron chi connectivity index (χ1n) is 6.35. The van der Waals surface area contributed by atoms with Gasteiger partial charge in [0, 0.05) is 10.8 Å². The van der Waals surface area contributed by atoms with E-state index >= 15 is 0 Å². The van der Waals surface area contributed by atoms with Crippen molar-refractivity contribution in [2.45, 2.75) is 0 Å². The first-order chi connectivity index (χ1) is 10.2. The first-order valence-corrected chi connectivity index (χ1v) is 6.35. The van der Waals surface area contributed by atoms with Crippen LogP contribution in [0.25, 0.3) is 21.7 Å². The molecule has 5 heteroatoms. The Balaban J connectivity index is 2.62. The second kappa shape index (κ2) is 5.01. The summed E-state index contributed by atoms with van der Waals surface area (Å²) >= 11 is 0. The van der Waals surface area contributed by atoms with Crippen LogP contribution < -0.4 is 19.8 Å². The van der Waals surface area contributed by atoms with E-state index in [1.54, 1.807) is 12.1 Å². The van der Waals surface area contributed by atoms with E-state index in [0.717, 1.165) is 5.39 Å². The van der Waals surface area contributed by atoms with Crippen LogP contribution in [0, 0.1) is 0 Å². The van der Waals surface area contributed by atoms with Crippen LogP contribution in [0.15, 0.2) is 39.5 Å². The van der Waals surface area contributed by atoms with Crippen molar-refractivity contribution in [3.05, 3.63) is 40.8 Å². The normalized spacial score (nSPS) is 10.8. The molecule has 0 unspecified atom stereocenters. The largest absolute Gasteiger partial charge is 0.493 e. The average molecular weight is 286 g/mol. The second-order valence-corrected chi connectivity index (χ2v) is 4.45. The molecule has 0 saturated carbocycles. The summed E-state index contributed by atoms with van der Waals surface area (Å²) in [5.74, 6) is 1.32. The summed E-state index contributed by atoms with van der Waals surface area (Å²) in [7, 11) is 4.56. The van der Waals surface area contributed by atoms with Crippen LogP contribution in [0.1, 0.15) is 0 Å². The van der Waals surface area contributed by atoms with Gasteiger partial charge >= 0.3 is 5.63 Å². The van der Waals surface area contributed by atoms with E-state index < -0.39 is 5.63 Å². The maximum atomic E-state index is 12.2. The van der Waals surface area contributed by atoms with Gasteiger partial charge in [0.15, 0.2) is 11.5 Å². The molecule has 1 aromatic heterocycles.